The van der Waals surface area contributed by atoms with E-state index in [4.69, 9.17) is 15.0 Å². The van der Waals surface area contributed by atoms with E-state index in [1.54, 1.807) is 0 Å². The minimum atomic E-state index is -0.486. The highest BCUT2D eigenvalue weighted by Gasteiger charge is 2.47. The Bertz CT molecular complexity index is 2590. The maximum atomic E-state index is 5.17. The van der Waals surface area contributed by atoms with E-state index in [0.29, 0.717) is 17.6 Å². The smallest absolute Gasteiger partial charge is 0.238 e. The van der Waals surface area contributed by atoms with Crippen LogP contribution in [0, 0.1) is 0 Å². The quantitative estimate of drug-likeness (QED) is 0.183. The van der Waals surface area contributed by atoms with Gasteiger partial charge in [0.2, 0.25) is 5.95 Å². The fourth-order valence-corrected chi connectivity index (χ4v) is 8.10. The van der Waals surface area contributed by atoms with Crippen LogP contribution >= 0.6 is 0 Å². The van der Waals surface area contributed by atoms with Crippen molar-refractivity contribution in [2.75, 3.05) is 0 Å². The first-order valence-corrected chi connectivity index (χ1v) is 18.0. The standard InChI is InChI=1S/C46H30N4.C2H6/c1-5-17-31(18-6-1)43-47-44(32-19-7-2-8-20-32)49-45(48-43)50-39-28-16-14-26-36(39)42-40(50)30-29-38-41(42)35-25-13-15-27-37(35)46(38,33-21-9-3-10-22-33)34-23-11-4-12-24-34;1-2/h1-30H;1-2H3. The number of rotatable bonds is 5. The van der Waals surface area contributed by atoms with Crippen molar-refractivity contribution in [2.24, 2.45) is 0 Å². The van der Waals surface area contributed by atoms with Crippen LogP contribution in [0.1, 0.15) is 36.1 Å². The van der Waals surface area contributed by atoms with E-state index in [1.165, 1.54) is 38.8 Å². The van der Waals surface area contributed by atoms with E-state index in [0.717, 1.165) is 27.5 Å². The van der Waals surface area contributed by atoms with Gasteiger partial charge in [0, 0.05) is 21.9 Å². The van der Waals surface area contributed by atoms with Crippen molar-refractivity contribution >= 4 is 21.8 Å². The average molecular weight is 669 g/mol. The number of fused-ring (bicyclic) bond motifs is 7. The number of nitrogens with zero attached hydrogens (tertiary/aromatic N) is 4. The summed E-state index contributed by atoms with van der Waals surface area (Å²) in [6.07, 6.45) is 0. The van der Waals surface area contributed by atoms with Gasteiger partial charge in [-0.15, -0.1) is 0 Å². The molecule has 0 unspecified atom stereocenters. The second-order valence-corrected chi connectivity index (χ2v) is 12.8. The van der Waals surface area contributed by atoms with Gasteiger partial charge in [-0.3, -0.25) is 4.57 Å². The van der Waals surface area contributed by atoms with Crippen molar-refractivity contribution in [1.29, 1.82) is 0 Å². The van der Waals surface area contributed by atoms with Gasteiger partial charge in [0.05, 0.1) is 16.4 Å². The predicted octanol–water partition coefficient (Wildman–Crippen LogP) is 11.7. The Morgan fingerprint density at radius 1 is 0.423 bits per heavy atom. The monoisotopic (exact) mass is 668 g/mol. The highest BCUT2D eigenvalue weighted by Crippen LogP contribution is 2.58. The Morgan fingerprint density at radius 2 is 0.923 bits per heavy atom. The van der Waals surface area contributed by atoms with Crippen LogP contribution in [0.3, 0.4) is 0 Å². The van der Waals surface area contributed by atoms with Crippen molar-refractivity contribution < 1.29 is 0 Å². The first-order chi connectivity index (χ1) is 25.8. The summed E-state index contributed by atoms with van der Waals surface area (Å²) in [6.45, 7) is 4.00. The third-order valence-corrected chi connectivity index (χ3v) is 10.1. The van der Waals surface area contributed by atoms with Crippen molar-refractivity contribution in [3.05, 3.63) is 204 Å². The molecule has 0 N–H and O–H groups in total. The summed E-state index contributed by atoms with van der Waals surface area (Å²) in [5, 5.41) is 2.36. The zero-order valence-electron chi connectivity index (χ0n) is 29.1. The fourth-order valence-electron chi connectivity index (χ4n) is 8.10. The molecule has 1 aliphatic rings. The summed E-state index contributed by atoms with van der Waals surface area (Å²) in [4.78, 5) is 15.3. The van der Waals surface area contributed by atoms with Crippen LogP contribution in [0.5, 0.6) is 0 Å². The fraction of sp³-hybridized carbons (Fsp3) is 0.0625. The van der Waals surface area contributed by atoms with E-state index >= 15 is 0 Å². The first-order valence-electron chi connectivity index (χ1n) is 18.0. The third kappa shape index (κ3) is 4.72. The van der Waals surface area contributed by atoms with Crippen molar-refractivity contribution in [3.8, 4) is 39.9 Å². The molecule has 0 fully saturated rings. The molecule has 4 heteroatoms. The molecule has 0 saturated heterocycles. The molecule has 0 spiro atoms. The maximum Gasteiger partial charge on any atom is 0.238 e. The molecular formula is C48H36N4. The lowest BCUT2D eigenvalue weighted by Crippen LogP contribution is -2.28. The van der Waals surface area contributed by atoms with Crippen LogP contribution in [0.4, 0.5) is 0 Å². The van der Waals surface area contributed by atoms with Gasteiger partial charge in [0.1, 0.15) is 0 Å². The molecule has 2 heterocycles. The molecule has 0 aliphatic heterocycles. The van der Waals surface area contributed by atoms with Crippen LogP contribution < -0.4 is 0 Å². The predicted molar refractivity (Wildman–Crippen MR) is 214 cm³/mol. The topological polar surface area (TPSA) is 43.6 Å². The second kappa shape index (κ2) is 12.9. The number of hydrogen-bond acceptors (Lipinski definition) is 3. The molecule has 2 aromatic heterocycles. The Labute approximate surface area is 303 Å². The SMILES string of the molecule is CC.c1ccc(-c2nc(-c3ccccc3)nc(-n3c4ccccc4c4c5c(ccc43)C(c3ccccc3)(c3ccccc3)c3ccccc3-5)n2)cc1. The Balaban J connectivity index is 0.00000177. The Kier molecular flexibility index (Phi) is 7.78. The maximum absolute atomic E-state index is 5.17. The minimum Gasteiger partial charge on any atom is -0.278 e. The van der Waals surface area contributed by atoms with E-state index in [-0.39, 0.29) is 0 Å². The highest BCUT2D eigenvalue weighted by atomic mass is 15.2. The summed E-state index contributed by atoms with van der Waals surface area (Å²) in [5.74, 6) is 1.87. The van der Waals surface area contributed by atoms with E-state index in [1.807, 2.05) is 50.2 Å². The lowest BCUT2D eigenvalue weighted by molar-refractivity contribution is 0.769. The molecular weight excluding hydrogens is 633 g/mol. The van der Waals surface area contributed by atoms with Crippen LogP contribution in [0.25, 0.3) is 61.7 Å². The number of benzene rings is 7. The lowest BCUT2D eigenvalue weighted by Gasteiger charge is -2.33. The Morgan fingerprint density at radius 3 is 1.52 bits per heavy atom. The zero-order chi connectivity index (χ0) is 35.1. The van der Waals surface area contributed by atoms with E-state index in [9.17, 15) is 0 Å². The van der Waals surface area contributed by atoms with Crippen LogP contribution in [-0.2, 0) is 5.41 Å². The third-order valence-electron chi connectivity index (χ3n) is 10.1. The van der Waals surface area contributed by atoms with Gasteiger partial charge in [0.15, 0.2) is 11.6 Å². The molecule has 10 rings (SSSR count). The first kappa shape index (κ1) is 31.3. The largest absolute Gasteiger partial charge is 0.278 e. The molecule has 52 heavy (non-hydrogen) atoms. The number of aromatic nitrogens is 4. The van der Waals surface area contributed by atoms with Crippen molar-refractivity contribution in [2.45, 2.75) is 19.3 Å². The van der Waals surface area contributed by atoms with Gasteiger partial charge in [-0.1, -0.05) is 184 Å². The summed E-state index contributed by atoms with van der Waals surface area (Å²) in [7, 11) is 0. The zero-order valence-corrected chi connectivity index (χ0v) is 29.1. The normalized spacial score (nSPS) is 12.6. The summed E-state index contributed by atoms with van der Waals surface area (Å²) in [5.41, 5.74) is 11.1. The van der Waals surface area contributed by atoms with E-state index in [2.05, 4.69) is 150 Å². The summed E-state index contributed by atoms with van der Waals surface area (Å²) in [6, 6.07) is 64.4. The summed E-state index contributed by atoms with van der Waals surface area (Å²) < 4.78 is 2.22. The van der Waals surface area contributed by atoms with Gasteiger partial charge in [-0.2, -0.15) is 9.97 Å². The van der Waals surface area contributed by atoms with Crippen LogP contribution in [0.15, 0.2) is 182 Å². The Hall–Kier alpha value is -6.65. The highest BCUT2D eigenvalue weighted by molar-refractivity contribution is 6.18. The van der Waals surface area contributed by atoms with Crippen molar-refractivity contribution in [1.82, 2.24) is 19.5 Å². The van der Waals surface area contributed by atoms with Gasteiger partial charge < -0.3 is 0 Å². The molecule has 0 amide bonds. The number of para-hydroxylation sites is 1. The molecule has 0 saturated carbocycles. The van der Waals surface area contributed by atoms with Crippen molar-refractivity contribution in [3.63, 3.8) is 0 Å². The molecule has 4 nitrogen and oxygen atoms in total. The second-order valence-electron chi connectivity index (χ2n) is 12.8. The van der Waals surface area contributed by atoms with Gasteiger partial charge in [-0.25, -0.2) is 4.98 Å². The number of hydrogen-bond donors (Lipinski definition) is 0. The summed E-state index contributed by atoms with van der Waals surface area (Å²) >= 11 is 0. The molecule has 1 aliphatic carbocycles. The van der Waals surface area contributed by atoms with Gasteiger partial charge >= 0.3 is 0 Å². The molecule has 9 aromatic rings. The molecule has 7 aromatic carbocycles. The van der Waals surface area contributed by atoms with Crippen LogP contribution in [0.2, 0.25) is 0 Å². The minimum absolute atomic E-state index is 0.486. The molecule has 0 bridgehead atoms. The van der Waals surface area contributed by atoms with Crippen LogP contribution in [-0.4, -0.2) is 19.5 Å². The van der Waals surface area contributed by atoms with E-state index < -0.39 is 5.41 Å². The molecule has 248 valence electrons. The van der Waals surface area contributed by atoms with Gasteiger partial charge in [0.25, 0.3) is 0 Å². The molecule has 0 atom stereocenters. The molecule has 0 radical (unpaired) electrons. The average Bonchev–Trinajstić information content (AvgIpc) is 3.74. The van der Waals surface area contributed by atoms with Gasteiger partial charge in [-0.05, 0) is 45.5 Å². The lowest BCUT2D eigenvalue weighted by atomic mass is 9.67.